The van der Waals surface area contributed by atoms with Gasteiger partial charge in [-0.1, -0.05) is 30.3 Å². The van der Waals surface area contributed by atoms with E-state index in [1.165, 1.54) is 44.2 Å². The van der Waals surface area contributed by atoms with Crippen molar-refractivity contribution in [3.8, 4) is 0 Å². The van der Waals surface area contributed by atoms with Crippen molar-refractivity contribution in [3.63, 3.8) is 0 Å². The summed E-state index contributed by atoms with van der Waals surface area (Å²) < 4.78 is 0. The first kappa shape index (κ1) is 18.9. The Bertz CT molecular complexity index is 613. The third-order valence-corrected chi connectivity index (χ3v) is 7.01. The van der Waals surface area contributed by atoms with Crippen molar-refractivity contribution in [2.75, 3.05) is 39.3 Å². The van der Waals surface area contributed by atoms with E-state index < -0.39 is 0 Å². The lowest BCUT2D eigenvalue weighted by molar-refractivity contribution is -0.131. The predicted molar refractivity (Wildman–Crippen MR) is 109 cm³/mol. The van der Waals surface area contributed by atoms with Gasteiger partial charge >= 0.3 is 0 Å². The van der Waals surface area contributed by atoms with E-state index in [4.69, 9.17) is 0 Å². The number of hydrogen-bond donors (Lipinski definition) is 1. The van der Waals surface area contributed by atoms with Gasteiger partial charge in [0.1, 0.15) is 0 Å². The molecule has 0 aromatic heterocycles. The summed E-state index contributed by atoms with van der Waals surface area (Å²) in [5, 5.41) is 3.42. The molecule has 1 spiro atoms. The van der Waals surface area contributed by atoms with Gasteiger partial charge in [-0.2, -0.15) is 0 Å². The first-order valence-electron chi connectivity index (χ1n) is 11.0. The van der Waals surface area contributed by atoms with Crippen molar-refractivity contribution in [2.45, 2.75) is 51.5 Å². The van der Waals surface area contributed by atoms with Gasteiger partial charge in [0.2, 0.25) is 5.91 Å². The van der Waals surface area contributed by atoms with Gasteiger partial charge in [-0.15, -0.1) is 0 Å². The van der Waals surface area contributed by atoms with E-state index in [0.717, 1.165) is 58.0 Å². The second-order valence-corrected chi connectivity index (χ2v) is 9.10. The summed E-state index contributed by atoms with van der Waals surface area (Å²) in [5.74, 6) is 1.16. The highest BCUT2D eigenvalue weighted by atomic mass is 16.2. The Labute approximate surface area is 164 Å². The van der Waals surface area contributed by atoms with Gasteiger partial charge in [0.15, 0.2) is 0 Å². The number of nitrogens with one attached hydrogen (secondary N) is 1. The third kappa shape index (κ3) is 4.91. The second kappa shape index (κ2) is 8.74. The third-order valence-electron chi connectivity index (χ3n) is 7.01. The fourth-order valence-corrected chi connectivity index (χ4v) is 5.42. The zero-order valence-corrected chi connectivity index (χ0v) is 16.7. The van der Waals surface area contributed by atoms with Crippen LogP contribution in [-0.4, -0.2) is 55.0 Å². The van der Waals surface area contributed by atoms with E-state index in [2.05, 4.69) is 45.4 Å². The first-order valence-corrected chi connectivity index (χ1v) is 11.0. The fourth-order valence-electron chi connectivity index (χ4n) is 5.42. The molecule has 1 aromatic carbocycles. The molecule has 0 radical (unpaired) electrons. The van der Waals surface area contributed by atoms with Crippen molar-refractivity contribution in [2.24, 2.45) is 11.3 Å². The lowest BCUT2D eigenvalue weighted by Crippen LogP contribution is -2.45. The summed E-state index contributed by atoms with van der Waals surface area (Å²) in [5.41, 5.74) is 1.75. The maximum atomic E-state index is 12.8. The summed E-state index contributed by atoms with van der Waals surface area (Å²) >= 11 is 0. The number of likely N-dealkylation sites (tertiary alicyclic amines) is 2. The molecule has 27 heavy (non-hydrogen) atoms. The van der Waals surface area contributed by atoms with Crippen molar-refractivity contribution in [1.82, 2.24) is 15.1 Å². The number of nitrogens with zero attached hydrogens (tertiary/aromatic N) is 2. The maximum absolute atomic E-state index is 12.8. The normalized spacial score (nSPS) is 27.3. The molecule has 3 saturated heterocycles. The zero-order chi connectivity index (χ0) is 18.5. The Morgan fingerprint density at radius 3 is 2.70 bits per heavy atom. The number of amides is 1. The molecule has 0 bridgehead atoms. The summed E-state index contributed by atoms with van der Waals surface area (Å²) in [7, 11) is 0. The minimum Gasteiger partial charge on any atom is -0.342 e. The number of carbonyl (C=O) groups excluding carboxylic acids is 1. The molecule has 3 aliphatic rings. The van der Waals surface area contributed by atoms with Crippen LogP contribution in [0.3, 0.4) is 0 Å². The van der Waals surface area contributed by atoms with E-state index in [1.807, 2.05) is 0 Å². The molecule has 4 nitrogen and oxygen atoms in total. The minimum atomic E-state index is 0.345. The molecule has 3 heterocycles. The number of rotatable bonds is 5. The lowest BCUT2D eigenvalue weighted by Gasteiger charge is -2.40. The molecule has 1 aromatic rings. The monoisotopic (exact) mass is 369 g/mol. The van der Waals surface area contributed by atoms with Crippen LogP contribution in [0.5, 0.6) is 0 Å². The van der Waals surface area contributed by atoms with Gasteiger partial charge in [0, 0.05) is 38.0 Å². The zero-order valence-electron chi connectivity index (χ0n) is 16.7. The topological polar surface area (TPSA) is 35.6 Å². The van der Waals surface area contributed by atoms with Gasteiger partial charge in [-0.3, -0.25) is 9.69 Å². The summed E-state index contributed by atoms with van der Waals surface area (Å²) in [6, 6.07) is 10.8. The molecule has 148 valence electrons. The Balaban J connectivity index is 1.27. The molecule has 0 aliphatic carbocycles. The minimum absolute atomic E-state index is 0.345. The Morgan fingerprint density at radius 1 is 1.07 bits per heavy atom. The summed E-state index contributed by atoms with van der Waals surface area (Å²) in [4.78, 5) is 17.6. The molecule has 1 unspecified atom stereocenters. The molecule has 0 saturated carbocycles. The van der Waals surface area contributed by atoms with Crippen LogP contribution in [0.15, 0.2) is 30.3 Å². The van der Waals surface area contributed by atoms with Crippen LogP contribution in [-0.2, 0) is 11.3 Å². The number of benzene rings is 1. The van der Waals surface area contributed by atoms with Crippen LogP contribution in [0.25, 0.3) is 0 Å². The molecule has 3 fully saturated rings. The van der Waals surface area contributed by atoms with E-state index in [1.54, 1.807) is 0 Å². The van der Waals surface area contributed by atoms with Crippen LogP contribution in [0.1, 0.15) is 50.5 Å². The number of carbonyl (C=O) groups is 1. The molecule has 1 N–H and O–H groups in total. The molecule has 4 heteroatoms. The largest absolute Gasteiger partial charge is 0.342 e. The average Bonchev–Trinajstić information content (AvgIpc) is 3.11. The highest BCUT2D eigenvalue weighted by Crippen LogP contribution is 2.39. The van der Waals surface area contributed by atoms with Crippen LogP contribution >= 0.6 is 0 Å². The highest BCUT2D eigenvalue weighted by molar-refractivity contribution is 5.76. The van der Waals surface area contributed by atoms with Crippen molar-refractivity contribution < 1.29 is 4.79 Å². The number of hydrogen-bond acceptors (Lipinski definition) is 3. The quantitative estimate of drug-likeness (QED) is 0.865. The summed E-state index contributed by atoms with van der Waals surface area (Å²) in [6.45, 7) is 7.62. The smallest absolute Gasteiger partial charge is 0.222 e. The van der Waals surface area contributed by atoms with Crippen LogP contribution in [0.2, 0.25) is 0 Å². The first-order chi connectivity index (χ1) is 13.2. The maximum Gasteiger partial charge on any atom is 0.222 e. The van der Waals surface area contributed by atoms with E-state index in [0.29, 0.717) is 11.3 Å². The van der Waals surface area contributed by atoms with E-state index in [9.17, 15) is 4.79 Å². The molecule has 1 atom stereocenters. The summed E-state index contributed by atoms with van der Waals surface area (Å²) in [6.07, 6.45) is 8.08. The van der Waals surface area contributed by atoms with Crippen LogP contribution in [0.4, 0.5) is 0 Å². The number of piperidine rings is 2. The highest BCUT2D eigenvalue weighted by Gasteiger charge is 2.42. The Hall–Kier alpha value is -1.39. The Kier molecular flexibility index (Phi) is 6.14. The van der Waals surface area contributed by atoms with Gasteiger partial charge in [0.25, 0.3) is 0 Å². The molecule has 1 amide bonds. The van der Waals surface area contributed by atoms with Crippen molar-refractivity contribution in [3.05, 3.63) is 35.9 Å². The molecule has 4 rings (SSSR count). The fraction of sp³-hybridized carbons (Fsp3) is 0.696. The van der Waals surface area contributed by atoms with E-state index >= 15 is 0 Å². The Morgan fingerprint density at radius 2 is 1.89 bits per heavy atom. The predicted octanol–water partition coefficient (Wildman–Crippen LogP) is 3.28. The van der Waals surface area contributed by atoms with Gasteiger partial charge in [-0.25, -0.2) is 0 Å². The van der Waals surface area contributed by atoms with Gasteiger partial charge in [0.05, 0.1) is 0 Å². The average molecular weight is 370 g/mol. The molecular weight excluding hydrogens is 334 g/mol. The SMILES string of the molecule is O=C(CCC1CCNCC1)N1CCC2(CCCN(Cc3ccccc3)C2)C1. The van der Waals surface area contributed by atoms with Gasteiger partial charge in [-0.05, 0) is 69.6 Å². The standard InChI is InChI=1S/C23H35N3O/c27-22(8-7-20-9-13-24-14-10-20)26-16-12-23(19-26)11-4-15-25(18-23)17-21-5-2-1-3-6-21/h1-3,5-6,20,24H,4,7-19H2. The molecule has 3 aliphatic heterocycles. The van der Waals surface area contributed by atoms with Crippen LogP contribution in [0, 0.1) is 11.3 Å². The lowest BCUT2D eigenvalue weighted by atomic mass is 9.79. The van der Waals surface area contributed by atoms with Crippen molar-refractivity contribution >= 4 is 5.91 Å². The molecular formula is C23H35N3O. The van der Waals surface area contributed by atoms with Crippen LogP contribution < -0.4 is 5.32 Å². The van der Waals surface area contributed by atoms with Gasteiger partial charge < -0.3 is 10.2 Å². The second-order valence-electron chi connectivity index (χ2n) is 9.10. The van der Waals surface area contributed by atoms with E-state index in [-0.39, 0.29) is 0 Å². The van der Waals surface area contributed by atoms with Crippen molar-refractivity contribution in [1.29, 1.82) is 0 Å².